The summed E-state index contributed by atoms with van der Waals surface area (Å²) < 4.78 is 36.4. The van der Waals surface area contributed by atoms with E-state index in [2.05, 4.69) is 4.99 Å². The predicted octanol–water partition coefficient (Wildman–Crippen LogP) is 4.82. The molecule has 0 unspecified atom stereocenters. The Morgan fingerprint density at radius 2 is 1.82 bits per heavy atom. The fourth-order valence-electron chi connectivity index (χ4n) is 4.48. The molecule has 7 nitrogen and oxygen atoms in total. The van der Waals surface area contributed by atoms with Crippen LogP contribution in [0.25, 0.3) is 10.2 Å². The van der Waals surface area contributed by atoms with Gasteiger partial charge >= 0.3 is 0 Å². The van der Waals surface area contributed by atoms with E-state index in [-0.39, 0.29) is 10.9 Å². The normalized spacial score (nSPS) is 15.8. The van der Waals surface area contributed by atoms with Crippen molar-refractivity contribution >= 4 is 37.5 Å². The molecule has 0 N–H and O–H groups in total. The zero-order valence-electron chi connectivity index (χ0n) is 19.9. The van der Waals surface area contributed by atoms with Crippen molar-refractivity contribution in [2.24, 2.45) is 4.99 Å². The average Bonchev–Trinajstić information content (AvgIpc) is 3.22. The largest absolute Gasteiger partial charge is 0.492 e. The van der Waals surface area contributed by atoms with Crippen molar-refractivity contribution in [3.8, 4) is 5.75 Å². The minimum atomic E-state index is -3.60. The standard InChI is InChI=1S/C25H31N3O4S2/c1-4-28-23-21(32-5-2)12-9-13-22(23)33-25(28)26-24(29)18-14-16-20(17-15-18)34(30,31)27(3)19-10-7-6-8-11-19/h9,12-17,19H,4-8,10-11H2,1-3H3. The third-order valence-corrected chi connectivity index (χ3v) is 9.31. The lowest BCUT2D eigenvalue weighted by molar-refractivity contribution is 0.0997. The van der Waals surface area contributed by atoms with E-state index in [0.717, 1.165) is 48.1 Å². The minimum Gasteiger partial charge on any atom is -0.492 e. The Hall–Kier alpha value is -2.49. The van der Waals surface area contributed by atoms with E-state index in [1.54, 1.807) is 19.2 Å². The fourth-order valence-corrected chi connectivity index (χ4v) is 7.00. The lowest BCUT2D eigenvalue weighted by Gasteiger charge is -2.30. The number of sulfonamides is 1. The van der Waals surface area contributed by atoms with E-state index in [9.17, 15) is 13.2 Å². The van der Waals surface area contributed by atoms with Crippen molar-refractivity contribution in [1.29, 1.82) is 0 Å². The molecule has 9 heteroatoms. The quantitative estimate of drug-likeness (QED) is 0.465. The first-order valence-electron chi connectivity index (χ1n) is 11.8. The zero-order chi connectivity index (χ0) is 24.3. The van der Waals surface area contributed by atoms with Gasteiger partial charge in [0.1, 0.15) is 11.3 Å². The van der Waals surface area contributed by atoms with Gasteiger partial charge in [0.2, 0.25) is 10.0 Å². The number of para-hydroxylation sites is 1. The lowest BCUT2D eigenvalue weighted by Crippen LogP contribution is -2.38. The summed E-state index contributed by atoms with van der Waals surface area (Å²) in [4.78, 5) is 18.1. The Bertz CT molecular complexity index is 1330. The SMILES string of the molecule is CCOc1cccc2sc(=NC(=O)c3ccc(S(=O)(=O)N(C)C4CCCCC4)cc3)n(CC)c12. The van der Waals surface area contributed by atoms with Gasteiger partial charge in [0.25, 0.3) is 5.91 Å². The van der Waals surface area contributed by atoms with Gasteiger partial charge in [0.05, 0.1) is 16.2 Å². The van der Waals surface area contributed by atoms with E-state index < -0.39 is 15.9 Å². The summed E-state index contributed by atoms with van der Waals surface area (Å²) in [6, 6.07) is 12.0. The number of carbonyl (C=O) groups is 1. The summed E-state index contributed by atoms with van der Waals surface area (Å²) in [5.74, 6) is 0.361. The number of fused-ring (bicyclic) bond motifs is 1. The topological polar surface area (TPSA) is 81.0 Å². The molecular formula is C25H31N3O4S2. The summed E-state index contributed by atoms with van der Waals surface area (Å²) in [6.07, 6.45) is 5.06. The number of hydrogen-bond acceptors (Lipinski definition) is 5. The van der Waals surface area contributed by atoms with E-state index in [0.29, 0.717) is 23.5 Å². The van der Waals surface area contributed by atoms with Crippen molar-refractivity contribution in [3.05, 3.63) is 52.8 Å². The molecule has 182 valence electrons. The molecule has 0 saturated heterocycles. The number of nitrogens with zero attached hydrogens (tertiary/aromatic N) is 3. The van der Waals surface area contributed by atoms with E-state index in [1.165, 1.54) is 27.8 Å². The highest BCUT2D eigenvalue weighted by Gasteiger charge is 2.29. The van der Waals surface area contributed by atoms with Crippen molar-refractivity contribution in [2.75, 3.05) is 13.7 Å². The van der Waals surface area contributed by atoms with E-state index in [4.69, 9.17) is 4.74 Å². The number of hydrogen-bond donors (Lipinski definition) is 0. The molecule has 34 heavy (non-hydrogen) atoms. The molecule has 0 aliphatic heterocycles. The zero-order valence-corrected chi connectivity index (χ0v) is 21.5. The second-order valence-corrected chi connectivity index (χ2v) is 11.4. The van der Waals surface area contributed by atoms with Gasteiger partial charge < -0.3 is 9.30 Å². The highest BCUT2D eigenvalue weighted by Crippen LogP contribution is 2.28. The molecule has 0 spiro atoms. The van der Waals surface area contributed by atoms with Crippen LogP contribution >= 0.6 is 11.3 Å². The molecule has 1 amide bonds. The highest BCUT2D eigenvalue weighted by molar-refractivity contribution is 7.89. The number of carbonyl (C=O) groups excluding carboxylic acids is 1. The summed E-state index contributed by atoms with van der Waals surface area (Å²) >= 11 is 1.43. The molecule has 1 aliphatic carbocycles. The number of aryl methyl sites for hydroxylation is 1. The number of ether oxygens (including phenoxy) is 1. The van der Waals surface area contributed by atoms with Crippen molar-refractivity contribution in [2.45, 2.75) is 63.4 Å². The number of rotatable bonds is 7. The maximum atomic E-state index is 13.1. The van der Waals surface area contributed by atoms with Gasteiger partial charge in [-0.2, -0.15) is 9.30 Å². The van der Waals surface area contributed by atoms with Gasteiger partial charge in [-0.25, -0.2) is 8.42 Å². The predicted molar refractivity (Wildman–Crippen MR) is 135 cm³/mol. The van der Waals surface area contributed by atoms with Gasteiger partial charge in [-0.3, -0.25) is 4.79 Å². The molecule has 1 saturated carbocycles. The first kappa shape index (κ1) is 24.6. The Labute approximate surface area is 204 Å². The second kappa shape index (κ2) is 10.4. The smallest absolute Gasteiger partial charge is 0.279 e. The van der Waals surface area contributed by atoms with Gasteiger partial charge in [0, 0.05) is 25.2 Å². The van der Waals surface area contributed by atoms with E-state index in [1.807, 2.05) is 36.6 Å². The Balaban J connectivity index is 1.62. The maximum Gasteiger partial charge on any atom is 0.279 e. The molecule has 3 aromatic rings. The van der Waals surface area contributed by atoms with Gasteiger partial charge in [-0.15, -0.1) is 0 Å². The minimum absolute atomic E-state index is 0.0362. The van der Waals surface area contributed by atoms with Crippen LogP contribution in [-0.2, 0) is 16.6 Å². The molecule has 4 rings (SSSR count). The molecule has 1 aromatic heterocycles. The third kappa shape index (κ3) is 4.82. The highest BCUT2D eigenvalue weighted by atomic mass is 32.2. The Morgan fingerprint density at radius 1 is 1.12 bits per heavy atom. The van der Waals surface area contributed by atoms with Crippen LogP contribution in [0.15, 0.2) is 52.4 Å². The number of benzene rings is 2. The number of amides is 1. The molecule has 1 aliphatic rings. The van der Waals surface area contributed by atoms with Crippen LogP contribution in [0.3, 0.4) is 0 Å². The van der Waals surface area contributed by atoms with Crippen LogP contribution in [0, 0.1) is 0 Å². The van der Waals surface area contributed by atoms with Crippen LogP contribution in [-0.4, -0.2) is 42.9 Å². The molecule has 0 bridgehead atoms. The van der Waals surface area contributed by atoms with Crippen LogP contribution in [0.1, 0.15) is 56.3 Å². The van der Waals surface area contributed by atoms with Crippen molar-refractivity contribution < 1.29 is 17.9 Å². The molecule has 1 fully saturated rings. The second-order valence-electron chi connectivity index (χ2n) is 8.42. The van der Waals surface area contributed by atoms with Crippen LogP contribution in [0.4, 0.5) is 0 Å². The first-order chi connectivity index (χ1) is 16.4. The number of aromatic nitrogens is 1. The molecule has 2 aromatic carbocycles. The summed E-state index contributed by atoms with van der Waals surface area (Å²) in [7, 11) is -1.95. The van der Waals surface area contributed by atoms with Crippen LogP contribution in [0.5, 0.6) is 5.75 Å². The monoisotopic (exact) mass is 501 g/mol. The summed E-state index contributed by atoms with van der Waals surface area (Å²) in [6.45, 7) is 5.13. The third-order valence-electron chi connectivity index (χ3n) is 6.34. The lowest BCUT2D eigenvalue weighted by atomic mass is 9.96. The number of thiazole rings is 1. The van der Waals surface area contributed by atoms with Gasteiger partial charge in [-0.1, -0.05) is 36.7 Å². The molecular weight excluding hydrogens is 470 g/mol. The fraction of sp³-hybridized carbons (Fsp3) is 0.440. The Kier molecular flexibility index (Phi) is 7.54. The maximum absolute atomic E-state index is 13.1. The summed E-state index contributed by atoms with van der Waals surface area (Å²) in [5.41, 5.74) is 1.28. The molecule has 0 radical (unpaired) electrons. The summed E-state index contributed by atoms with van der Waals surface area (Å²) in [5, 5.41) is 0. The van der Waals surface area contributed by atoms with Crippen molar-refractivity contribution in [1.82, 2.24) is 8.87 Å². The van der Waals surface area contributed by atoms with Crippen LogP contribution < -0.4 is 9.54 Å². The molecule has 0 atom stereocenters. The van der Waals surface area contributed by atoms with Gasteiger partial charge in [-0.05, 0) is 63.1 Å². The average molecular weight is 502 g/mol. The molecule has 1 heterocycles. The van der Waals surface area contributed by atoms with Crippen molar-refractivity contribution in [3.63, 3.8) is 0 Å². The van der Waals surface area contributed by atoms with Gasteiger partial charge in [0.15, 0.2) is 4.80 Å². The van der Waals surface area contributed by atoms with Crippen LogP contribution in [0.2, 0.25) is 0 Å². The first-order valence-corrected chi connectivity index (χ1v) is 14.0. The van der Waals surface area contributed by atoms with E-state index >= 15 is 0 Å². The Morgan fingerprint density at radius 3 is 2.47 bits per heavy atom.